The van der Waals surface area contributed by atoms with E-state index < -0.39 is 4.92 Å². The maximum absolute atomic E-state index is 10.8. The molecule has 2 fully saturated rings. The maximum Gasteiger partial charge on any atom is 0.269 e. The summed E-state index contributed by atoms with van der Waals surface area (Å²) in [4.78, 5) is 28.8. The number of non-ortho nitro benzene ring substituents is 1. The van der Waals surface area contributed by atoms with Gasteiger partial charge in [0.15, 0.2) is 0 Å². The number of rotatable bonds is 9. The highest BCUT2D eigenvalue weighted by Crippen LogP contribution is 2.23. The number of nitro groups is 1. The Kier molecular flexibility index (Phi) is 7.15. The van der Waals surface area contributed by atoms with Crippen molar-refractivity contribution in [3.8, 4) is 5.75 Å². The zero-order chi connectivity index (χ0) is 24.7. The predicted octanol–water partition coefficient (Wildman–Crippen LogP) is 4.01. The largest absolute Gasteiger partial charge is 0.488 e. The summed E-state index contributed by atoms with van der Waals surface area (Å²) in [7, 11) is 0. The van der Waals surface area contributed by atoms with Crippen molar-refractivity contribution in [2.75, 3.05) is 41.4 Å². The van der Waals surface area contributed by atoms with Crippen LogP contribution in [-0.4, -0.2) is 52.3 Å². The first-order chi connectivity index (χ1) is 17.7. The minimum Gasteiger partial charge on any atom is -0.488 e. The molecule has 1 aromatic heterocycles. The molecule has 0 atom stereocenters. The van der Waals surface area contributed by atoms with Crippen LogP contribution in [0, 0.1) is 10.1 Å². The topological polar surface area (TPSA) is 122 Å². The van der Waals surface area contributed by atoms with E-state index in [0.29, 0.717) is 23.6 Å². The Morgan fingerprint density at radius 2 is 1.53 bits per heavy atom. The number of benzene rings is 2. The predicted molar refractivity (Wildman–Crippen MR) is 138 cm³/mol. The molecule has 0 bridgehead atoms. The average Bonchev–Trinajstić information content (AvgIpc) is 3.63. The number of nitrogens with zero attached hydrogens (tertiary/aromatic N) is 7. The fourth-order valence-electron chi connectivity index (χ4n) is 4.27. The number of para-hydroxylation sites is 1. The van der Waals surface area contributed by atoms with Gasteiger partial charge in [0.25, 0.3) is 5.69 Å². The second-order valence-electron chi connectivity index (χ2n) is 8.77. The van der Waals surface area contributed by atoms with Gasteiger partial charge in [0.1, 0.15) is 12.4 Å². The average molecular weight is 489 g/mol. The fraction of sp³-hybridized carbons (Fsp3) is 0.360. The highest BCUT2D eigenvalue weighted by molar-refractivity contribution is 5.83. The van der Waals surface area contributed by atoms with Crippen LogP contribution in [0.5, 0.6) is 5.75 Å². The quantitative estimate of drug-likeness (QED) is 0.270. The summed E-state index contributed by atoms with van der Waals surface area (Å²) < 4.78 is 5.96. The SMILES string of the molecule is O=[N+]([O-])c1ccc(COc2ccccc2C=NNc2nc(N3CCCC3)nc(N3CCCC3)n2)cc1. The lowest BCUT2D eigenvalue weighted by atomic mass is 10.2. The number of nitro benzene ring substituents is 1. The molecule has 0 unspecified atom stereocenters. The number of nitrogens with one attached hydrogen (secondary N) is 1. The zero-order valence-corrected chi connectivity index (χ0v) is 19.9. The van der Waals surface area contributed by atoms with Gasteiger partial charge in [0, 0.05) is 43.9 Å². The summed E-state index contributed by atoms with van der Waals surface area (Å²) in [6.07, 6.45) is 6.23. The van der Waals surface area contributed by atoms with E-state index in [-0.39, 0.29) is 12.3 Å². The molecule has 0 amide bonds. The van der Waals surface area contributed by atoms with Crippen molar-refractivity contribution in [1.82, 2.24) is 15.0 Å². The van der Waals surface area contributed by atoms with Crippen molar-refractivity contribution in [2.45, 2.75) is 32.3 Å². The summed E-state index contributed by atoms with van der Waals surface area (Å²) in [6.45, 7) is 4.08. The Morgan fingerprint density at radius 1 is 0.917 bits per heavy atom. The molecule has 0 aliphatic carbocycles. The van der Waals surface area contributed by atoms with Gasteiger partial charge in [0.05, 0.1) is 11.1 Å². The minimum atomic E-state index is -0.419. The molecule has 186 valence electrons. The zero-order valence-electron chi connectivity index (χ0n) is 19.9. The second kappa shape index (κ2) is 11.0. The Balaban J connectivity index is 1.28. The van der Waals surface area contributed by atoms with E-state index in [1.165, 1.54) is 12.1 Å². The van der Waals surface area contributed by atoms with Crippen LogP contribution in [0.15, 0.2) is 53.6 Å². The van der Waals surface area contributed by atoms with E-state index in [2.05, 4.69) is 30.3 Å². The van der Waals surface area contributed by atoms with Gasteiger partial charge in [-0.25, -0.2) is 5.43 Å². The van der Waals surface area contributed by atoms with Gasteiger partial charge in [-0.2, -0.15) is 20.1 Å². The number of hydrogen-bond acceptors (Lipinski definition) is 10. The molecule has 2 aromatic carbocycles. The van der Waals surface area contributed by atoms with Crippen molar-refractivity contribution < 1.29 is 9.66 Å². The highest BCUT2D eigenvalue weighted by Gasteiger charge is 2.21. The molecule has 11 nitrogen and oxygen atoms in total. The third kappa shape index (κ3) is 5.68. The van der Waals surface area contributed by atoms with Crippen LogP contribution < -0.4 is 20.0 Å². The molecular weight excluding hydrogens is 460 g/mol. The van der Waals surface area contributed by atoms with Crippen LogP contribution >= 0.6 is 0 Å². The molecule has 0 radical (unpaired) electrons. The molecule has 3 aromatic rings. The first kappa shape index (κ1) is 23.5. The standard InChI is InChI=1S/C25H28N8O3/c34-33(35)21-11-9-19(10-12-21)18-36-22-8-2-1-7-20(22)17-26-30-23-27-24(31-13-3-4-14-31)29-25(28-23)32-15-5-6-16-32/h1-2,7-12,17H,3-6,13-16,18H2,(H,27,28,29,30). The monoisotopic (exact) mass is 488 g/mol. The fourth-order valence-corrected chi connectivity index (χ4v) is 4.27. The highest BCUT2D eigenvalue weighted by atomic mass is 16.6. The normalized spacial score (nSPS) is 15.6. The van der Waals surface area contributed by atoms with Gasteiger partial charge in [-0.05, 0) is 55.5 Å². The van der Waals surface area contributed by atoms with Crippen molar-refractivity contribution >= 4 is 29.7 Å². The number of aromatic nitrogens is 3. The van der Waals surface area contributed by atoms with Crippen molar-refractivity contribution in [1.29, 1.82) is 0 Å². The number of anilines is 3. The van der Waals surface area contributed by atoms with E-state index in [1.54, 1.807) is 18.3 Å². The van der Waals surface area contributed by atoms with Crippen molar-refractivity contribution in [2.24, 2.45) is 5.10 Å². The molecule has 2 saturated heterocycles. The van der Waals surface area contributed by atoms with Gasteiger partial charge >= 0.3 is 0 Å². The third-order valence-electron chi connectivity index (χ3n) is 6.22. The van der Waals surface area contributed by atoms with Gasteiger partial charge in [-0.1, -0.05) is 12.1 Å². The van der Waals surface area contributed by atoms with Gasteiger partial charge in [-0.3, -0.25) is 10.1 Å². The second-order valence-corrected chi connectivity index (χ2v) is 8.77. The van der Waals surface area contributed by atoms with E-state index in [1.807, 2.05) is 24.3 Å². The van der Waals surface area contributed by atoms with Crippen molar-refractivity contribution in [3.05, 3.63) is 69.8 Å². The summed E-state index contributed by atoms with van der Waals surface area (Å²) >= 11 is 0. The van der Waals surface area contributed by atoms with Crippen LogP contribution in [0.4, 0.5) is 23.5 Å². The lowest BCUT2D eigenvalue weighted by Gasteiger charge is -2.20. The first-order valence-corrected chi connectivity index (χ1v) is 12.2. The number of hydrazone groups is 1. The molecule has 11 heteroatoms. The molecule has 36 heavy (non-hydrogen) atoms. The van der Waals surface area contributed by atoms with Crippen molar-refractivity contribution in [3.63, 3.8) is 0 Å². The Labute approximate surface area is 209 Å². The lowest BCUT2D eigenvalue weighted by molar-refractivity contribution is -0.384. The molecule has 2 aliphatic heterocycles. The summed E-state index contributed by atoms with van der Waals surface area (Å²) in [6, 6.07) is 13.9. The molecule has 1 N–H and O–H groups in total. The van der Waals surface area contributed by atoms with Crippen LogP contribution in [0.25, 0.3) is 0 Å². The first-order valence-electron chi connectivity index (χ1n) is 12.2. The van der Waals surface area contributed by atoms with Crippen LogP contribution in [0.1, 0.15) is 36.8 Å². The van der Waals surface area contributed by atoms with E-state index in [9.17, 15) is 10.1 Å². The Hall–Kier alpha value is -4.28. The molecule has 2 aliphatic rings. The Morgan fingerprint density at radius 3 is 2.14 bits per heavy atom. The van der Waals surface area contributed by atoms with Gasteiger partial charge < -0.3 is 14.5 Å². The van der Waals surface area contributed by atoms with Crippen LogP contribution in [0.3, 0.4) is 0 Å². The van der Waals surface area contributed by atoms with Gasteiger partial charge in [-0.15, -0.1) is 0 Å². The van der Waals surface area contributed by atoms with Crippen LogP contribution in [-0.2, 0) is 6.61 Å². The summed E-state index contributed by atoms with van der Waals surface area (Å²) in [5.41, 5.74) is 4.64. The number of hydrogen-bond donors (Lipinski definition) is 1. The molecule has 5 rings (SSSR count). The van der Waals surface area contributed by atoms with Crippen LogP contribution in [0.2, 0.25) is 0 Å². The maximum atomic E-state index is 10.8. The molecule has 0 spiro atoms. The summed E-state index contributed by atoms with van der Waals surface area (Å²) in [5.74, 6) is 2.43. The number of ether oxygens (including phenoxy) is 1. The minimum absolute atomic E-state index is 0.0523. The summed E-state index contributed by atoms with van der Waals surface area (Å²) in [5, 5.41) is 15.2. The van der Waals surface area contributed by atoms with Gasteiger partial charge in [0.2, 0.25) is 17.8 Å². The van der Waals surface area contributed by atoms with E-state index in [4.69, 9.17) is 9.72 Å². The molecule has 0 saturated carbocycles. The van der Waals surface area contributed by atoms with E-state index >= 15 is 0 Å². The molecule has 3 heterocycles. The third-order valence-corrected chi connectivity index (χ3v) is 6.22. The smallest absolute Gasteiger partial charge is 0.269 e. The van der Waals surface area contributed by atoms with E-state index in [0.717, 1.165) is 63.0 Å². The Bertz CT molecular complexity index is 1190. The lowest BCUT2D eigenvalue weighted by Crippen LogP contribution is -2.25. The molecular formula is C25H28N8O3.